The van der Waals surface area contributed by atoms with Crippen molar-refractivity contribution in [3.8, 4) is 0 Å². The first kappa shape index (κ1) is 13.9. The Hall–Kier alpha value is -1.05. The smallest absolute Gasteiger partial charge is 0.178 e. The highest BCUT2D eigenvalue weighted by Gasteiger charge is 2.28. The van der Waals surface area contributed by atoms with Crippen molar-refractivity contribution < 1.29 is 4.39 Å². The van der Waals surface area contributed by atoms with Gasteiger partial charge >= 0.3 is 0 Å². The summed E-state index contributed by atoms with van der Waals surface area (Å²) >= 11 is 10.2. The second-order valence-corrected chi connectivity index (χ2v) is 7.08. The predicted molar refractivity (Wildman–Crippen MR) is 85.3 cm³/mol. The molecule has 0 aliphatic heterocycles. The molecule has 7 heteroatoms. The quantitative estimate of drug-likeness (QED) is 0.653. The van der Waals surface area contributed by atoms with Gasteiger partial charge in [0.25, 0.3) is 0 Å². The molecule has 104 valence electrons. The summed E-state index contributed by atoms with van der Waals surface area (Å²) in [6, 6.07) is 3.19. The van der Waals surface area contributed by atoms with E-state index in [4.69, 9.17) is 12.2 Å². The van der Waals surface area contributed by atoms with E-state index in [-0.39, 0.29) is 5.82 Å². The second-order valence-electron chi connectivity index (χ2n) is 4.95. The molecule has 20 heavy (non-hydrogen) atoms. The number of H-pyrrole nitrogens is 1. The summed E-state index contributed by atoms with van der Waals surface area (Å²) in [6.07, 6.45) is 1.76. The molecule has 0 spiro atoms. The highest BCUT2D eigenvalue weighted by Crippen LogP contribution is 2.32. The van der Waals surface area contributed by atoms with Gasteiger partial charge in [-0.15, -0.1) is 11.3 Å². The number of hydrogen-bond acceptors (Lipinski definition) is 3. The topological polar surface area (TPSA) is 33.6 Å². The first-order valence-corrected chi connectivity index (χ1v) is 7.99. The minimum absolute atomic E-state index is 0.310. The molecule has 0 saturated heterocycles. The predicted octanol–water partition coefficient (Wildman–Crippen LogP) is 4.84. The summed E-state index contributed by atoms with van der Waals surface area (Å²) in [6.45, 7) is 4.05. The number of aromatic amines is 1. The number of nitrogens with zero attached hydrogens (tertiary/aromatic N) is 2. The molecule has 0 saturated carbocycles. The first-order chi connectivity index (χ1) is 9.41. The molecule has 1 N–H and O–H groups in total. The number of halogens is 2. The van der Waals surface area contributed by atoms with Crippen LogP contribution in [0.2, 0.25) is 0 Å². The van der Waals surface area contributed by atoms with E-state index in [9.17, 15) is 4.39 Å². The van der Waals surface area contributed by atoms with Crippen LogP contribution in [0.5, 0.6) is 0 Å². The summed E-state index contributed by atoms with van der Waals surface area (Å²) < 4.78 is 16.7. The molecule has 0 bridgehead atoms. The third kappa shape index (κ3) is 2.04. The number of imidazole rings is 1. The van der Waals surface area contributed by atoms with Gasteiger partial charge in [-0.25, -0.2) is 9.37 Å². The number of benzene rings is 1. The van der Waals surface area contributed by atoms with Crippen molar-refractivity contribution in [1.82, 2.24) is 14.5 Å². The van der Waals surface area contributed by atoms with Gasteiger partial charge in [0.1, 0.15) is 10.8 Å². The molecule has 0 unspecified atom stereocenters. The molecular weight excluding hydrogens is 361 g/mol. The molecule has 0 amide bonds. The van der Waals surface area contributed by atoms with Crippen LogP contribution in [0, 0.1) is 10.6 Å². The average Bonchev–Trinajstić information content (AvgIpc) is 2.97. The van der Waals surface area contributed by atoms with Gasteiger partial charge in [-0.2, -0.15) is 0 Å². The molecule has 0 atom stereocenters. The Morgan fingerprint density at radius 2 is 2.20 bits per heavy atom. The fourth-order valence-electron chi connectivity index (χ4n) is 2.28. The van der Waals surface area contributed by atoms with Crippen molar-refractivity contribution in [3.05, 3.63) is 43.8 Å². The van der Waals surface area contributed by atoms with Gasteiger partial charge in [0.15, 0.2) is 4.77 Å². The van der Waals surface area contributed by atoms with Crippen LogP contribution in [0.3, 0.4) is 0 Å². The lowest BCUT2D eigenvalue weighted by Gasteiger charge is -2.25. The van der Waals surface area contributed by atoms with Crippen LogP contribution in [0.15, 0.2) is 28.2 Å². The number of nitrogens with one attached hydrogen (secondary N) is 1. The van der Waals surface area contributed by atoms with E-state index < -0.39 is 5.54 Å². The van der Waals surface area contributed by atoms with Gasteiger partial charge in [0.2, 0.25) is 0 Å². The molecule has 2 aromatic heterocycles. The number of rotatable bonds is 2. The van der Waals surface area contributed by atoms with E-state index in [1.165, 1.54) is 6.07 Å². The van der Waals surface area contributed by atoms with E-state index in [0.717, 1.165) is 16.0 Å². The Bertz CT molecular complexity index is 833. The molecular formula is C13H11BrFN3S2. The van der Waals surface area contributed by atoms with E-state index in [0.29, 0.717) is 9.24 Å². The monoisotopic (exact) mass is 371 g/mol. The van der Waals surface area contributed by atoms with Crippen LogP contribution in [-0.4, -0.2) is 14.5 Å². The third-order valence-electron chi connectivity index (χ3n) is 3.24. The zero-order valence-corrected chi connectivity index (χ0v) is 14.0. The van der Waals surface area contributed by atoms with Crippen LogP contribution >= 0.6 is 39.5 Å². The second kappa shape index (κ2) is 4.75. The summed E-state index contributed by atoms with van der Waals surface area (Å²) in [7, 11) is 0. The van der Waals surface area contributed by atoms with E-state index in [1.54, 1.807) is 23.6 Å². The average molecular weight is 372 g/mol. The van der Waals surface area contributed by atoms with Crippen LogP contribution < -0.4 is 0 Å². The van der Waals surface area contributed by atoms with Crippen molar-refractivity contribution in [3.63, 3.8) is 0 Å². The maximum atomic E-state index is 13.8. The molecule has 2 heterocycles. The minimum Gasteiger partial charge on any atom is -0.331 e. The maximum absolute atomic E-state index is 13.8. The lowest BCUT2D eigenvalue weighted by atomic mass is 10.1. The van der Waals surface area contributed by atoms with Crippen LogP contribution in [-0.2, 0) is 5.54 Å². The van der Waals surface area contributed by atoms with Gasteiger partial charge in [-0.05, 0) is 48.1 Å². The molecule has 0 radical (unpaired) electrons. The van der Waals surface area contributed by atoms with Crippen molar-refractivity contribution in [2.24, 2.45) is 0 Å². The summed E-state index contributed by atoms with van der Waals surface area (Å²) in [5.41, 5.74) is 1.09. The lowest BCUT2D eigenvalue weighted by Crippen LogP contribution is -2.27. The van der Waals surface area contributed by atoms with Crippen LogP contribution in [0.4, 0.5) is 4.39 Å². The van der Waals surface area contributed by atoms with Gasteiger partial charge in [-0.3, -0.25) is 0 Å². The number of aromatic nitrogens is 3. The normalized spacial score (nSPS) is 12.2. The molecule has 1 aromatic carbocycles. The first-order valence-electron chi connectivity index (χ1n) is 5.91. The maximum Gasteiger partial charge on any atom is 0.178 e. The number of hydrogen-bond donors (Lipinski definition) is 1. The zero-order valence-electron chi connectivity index (χ0n) is 10.8. The lowest BCUT2D eigenvalue weighted by molar-refractivity contribution is 0.440. The minimum atomic E-state index is -0.441. The summed E-state index contributed by atoms with van der Waals surface area (Å²) in [5, 5.41) is 2.85. The van der Waals surface area contributed by atoms with Crippen LogP contribution in [0.1, 0.15) is 18.9 Å². The highest BCUT2D eigenvalue weighted by molar-refractivity contribution is 9.10. The molecule has 0 fully saturated rings. The molecule has 3 rings (SSSR count). The summed E-state index contributed by atoms with van der Waals surface area (Å²) in [4.78, 5) is 7.49. The van der Waals surface area contributed by atoms with Crippen LogP contribution in [0.25, 0.3) is 11.0 Å². The van der Waals surface area contributed by atoms with Gasteiger partial charge < -0.3 is 9.55 Å². The third-order valence-corrected chi connectivity index (χ3v) is 5.22. The zero-order chi connectivity index (χ0) is 14.5. The largest absolute Gasteiger partial charge is 0.331 e. The molecule has 0 aliphatic rings. The van der Waals surface area contributed by atoms with Crippen molar-refractivity contribution in [1.29, 1.82) is 0 Å². The van der Waals surface area contributed by atoms with Gasteiger partial charge in [-0.1, -0.05) is 0 Å². The van der Waals surface area contributed by atoms with Crippen molar-refractivity contribution in [2.75, 3.05) is 0 Å². The fraction of sp³-hybridized carbons (Fsp3) is 0.231. The molecule has 0 aliphatic carbocycles. The van der Waals surface area contributed by atoms with E-state index >= 15 is 0 Å². The Labute approximate surface area is 132 Å². The molecule has 3 nitrogen and oxygen atoms in total. The Balaban J connectivity index is 2.34. The van der Waals surface area contributed by atoms with Gasteiger partial charge in [0.05, 0.1) is 21.0 Å². The van der Waals surface area contributed by atoms with Crippen molar-refractivity contribution >= 4 is 50.5 Å². The Morgan fingerprint density at radius 3 is 2.85 bits per heavy atom. The Kier molecular flexibility index (Phi) is 3.30. The fourth-order valence-corrected chi connectivity index (χ4v) is 3.81. The number of fused-ring (bicyclic) bond motifs is 1. The van der Waals surface area contributed by atoms with Crippen molar-refractivity contribution in [2.45, 2.75) is 19.4 Å². The number of thiazole rings is 1. The summed E-state index contributed by atoms with van der Waals surface area (Å²) in [5.74, 6) is -0.310. The van der Waals surface area contributed by atoms with E-state index in [1.807, 2.05) is 23.8 Å². The SMILES string of the molecule is CC(C)(c1nccs1)n1c(=S)[nH]c2cc(Br)c(F)cc21. The highest BCUT2D eigenvalue weighted by atomic mass is 79.9. The molecule has 3 aromatic rings. The standard InChI is InChI=1S/C13H11BrFN3S2/c1-13(2,11-16-3-4-20-11)18-10-6-8(15)7(14)5-9(10)17-12(18)19/h3-6H,1-2H3,(H,17,19). The van der Waals surface area contributed by atoms with E-state index in [2.05, 4.69) is 25.9 Å². The van der Waals surface area contributed by atoms with Gasteiger partial charge in [0, 0.05) is 17.6 Å². The Morgan fingerprint density at radius 1 is 1.45 bits per heavy atom.